The molecular formula is C9H20N2O2S. The van der Waals surface area contributed by atoms with Gasteiger partial charge < -0.3 is 10.6 Å². The van der Waals surface area contributed by atoms with Gasteiger partial charge in [-0.25, -0.2) is 8.42 Å². The van der Waals surface area contributed by atoms with Crippen molar-refractivity contribution in [2.75, 3.05) is 38.7 Å². The molecular weight excluding hydrogens is 200 g/mol. The van der Waals surface area contributed by atoms with Gasteiger partial charge in [0.1, 0.15) is 0 Å². The van der Waals surface area contributed by atoms with E-state index in [-0.39, 0.29) is 5.92 Å². The van der Waals surface area contributed by atoms with Gasteiger partial charge in [0.25, 0.3) is 0 Å². The van der Waals surface area contributed by atoms with Gasteiger partial charge in [-0.3, -0.25) is 0 Å². The van der Waals surface area contributed by atoms with Crippen molar-refractivity contribution in [3.63, 3.8) is 0 Å². The fraction of sp³-hybridized carbons (Fsp3) is 1.00. The van der Waals surface area contributed by atoms with Crippen LogP contribution in [-0.2, 0) is 9.84 Å². The van der Waals surface area contributed by atoms with Crippen LogP contribution in [0.2, 0.25) is 0 Å². The molecule has 1 aliphatic heterocycles. The zero-order valence-electron chi connectivity index (χ0n) is 8.94. The molecule has 0 amide bonds. The molecule has 1 aliphatic rings. The van der Waals surface area contributed by atoms with Crippen LogP contribution >= 0.6 is 0 Å². The lowest BCUT2D eigenvalue weighted by molar-refractivity contribution is 0.266. The molecule has 0 radical (unpaired) electrons. The fourth-order valence-electron chi connectivity index (χ4n) is 2.08. The van der Waals surface area contributed by atoms with Crippen LogP contribution in [0.3, 0.4) is 0 Å². The minimum Gasteiger partial charge on any atom is -0.330 e. The van der Waals surface area contributed by atoms with E-state index in [0.29, 0.717) is 24.0 Å². The zero-order chi connectivity index (χ0) is 10.8. The molecule has 2 atom stereocenters. The van der Waals surface area contributed by atoms with Crippen LogP contribution < -0.4 is 5.73 Å². The molecule has 5 heteroatoms. The molecule has 1 fully saturated rings. The molecule has 0 aromatic carbocycles. The molecule has 0 bridgehead atoms. The van der Waals surface area contributed by atoms with E-state index >= 15 is 0 Å². The molecule has 4 nitrogen and oxygen atoms in total. The summed E-state index contributed by atoms with van der Waals surface area (Å²) in [5, 5.41) is 0. The Bertz CT molecular complexity index is 275. The maximum absolute atomic E-state index is 11.3. The highest BCUT2D eigenvalue weighted by Crippen LogP contribution is 2.25. The van der Waals surface area contributed by atoms with Gasteiger partial charge in [0, 0.05) is 6.54 Å². The summed E-state index contributed by atoms with van der Waals surface area (Å²) >= 11 is 0. The van der Waals surface area contributed by atoms with Crippen molar-refractivity contribution < 1.29 is 8.42 Å². The van der Waals surface area contributed by atoms with Crippen LogP contribution in [0.4, 0.5) is 0 Å². The van der Waals surface area contributed by atoms with E-state index in [4.69, 9.17) is 5.73 Å². The molecule has 2 unspecified atom stereocenters. The molecule has 0 aromatic rings. The van der Waals surface area contributed by atoms with Gasteiger partial charge >= 0.3 is 0 Å². The Morgan fingerprint density at radius 2 is 2.14 bits per heavy atom. The smallest absolute Gasteiger partial charge is 0.150 e. The van der Waals surface area contributed by atoms with E-state index in [9.17, 15) is 8.42 Å². The second-order valence-corrected chi connectivity index (χ2v) is 6.65. The van der Waals surface area contributed by atoms with Gasteiger partial charge in [0.05, 0.1) is 11.5 Å². The average Bonchev–Trinajstić information content (AvgIpc) is 2.41. The van der Waals surface area contributed by atoms with Crippen LogP contribution in [0.15, 0.2) is 0 Å². The van der Waals surface area contributed by atoms with Gasteiger partial charge in [-0.2, -0.15) is 0 Å². The van der Waals surface area contributed by atoms with Gasteiger partial charge in [-0.05, 0) is 38.9 Å². The summed E-state index contributed by atoms with van der Waals surface area (Å²) < 4.78 is 22.6. The Labute approximate surface area is 86.4 Å². The maximum Gasteiger partial charge on any atom is 0.150 e. The van der Waals surface area contributed by atoms with Gasteiger partial charge in [0.2, 0.25) is 0 Å². The SMILES string of the molecule is CN(C)CC(CN)C1CCS(=O)(=O)C1. The van der Waals surface area contributed by atoms with Crippen molar-refractivity contribution in [1.29, 1.82) is 0 Å². The van der Waals surface area contributed by atoms with Gasteiger partial charge in [-0.15, -0.1) is 0 Å². The highest BCUT2D eigenvalue weighted by molar-refractivity contribution is 7.91. The van der Waals surface area contributed by atoms with Crippen LogP contribution in [-0.4, -0.2) is 52.0 Å². The minimum absolute atomic E-state index is 0.271. The summed E-state index contributed by atoms with van der Waals surface area (Å²) in [6, 6.07) is 0. The normalized spacial score (nSPS) is 28.1. The second kappa shape index (κ2) is 4.59. The largest absolute Gasteiger partial charge is 0.330 e. The monoisotopic (exact) mass is 220 g/mol. The molecule has 0 aliphatic carbocycles. The van der Waals surface area contributed by atoms with Crippen molar-refractivity contribution in [3.8, 4) is 0 Å². The second-order valence-electron chi connectivity index (χ2n) is 4.42. The first-order chi connectivity index (χ1) is 6.44. The van der Waals surface area contributed by atoms with E-state index in [1.54, 1.807) is 0 Å². The fourth-order valence-corrected chi connectivity index (χ4v) is 4.00. The Kier molecular flexibility index (Phi) is 3.92. The first-order valence-electron chi connectivity index (χ1n) is 5.00. The summed E-state index contributed by atoms with van der Waals surface area (Å²) in [4.78, 5) is 2.07. The number of sulfone groups is 1. The number of hydrogen-bond donors (Lipinski definition) is 1. The molecule has 2 N–H and O–H groups in total. The molecule has 0 aromatic heterocycles. The molecule has 1 rings (SSSR count). The molecule has 0 spiro atoms. The number of nitrogens with zero attached hydrogens (tertiary/aromatic N) is 1. The van der Waals surface area contributed by atoms with Crippen LogP contribution in [0.5, 0.6) is 0 Å². The summed E-state index contributed by atoms with van der Waals surface area (Å²) in [7, 11) is 1.22. The third-order valence-electron chi connectivity index (χ3n) is 2.84. The molecule has 14 heavy (non-hydrogen) atoms. The Morgan fingerprint density at radius 1 is 1.50 bits per heavy atom. The van der Waals surface area contributed by atoms with E-state index in [1.165, 1.54) is 0 Å². The predicted octanol–water partition coefficient (Wildman–Crippen LogP) is -0.442. The maximum atomic E-state index is 11.3. The Morgan fingerprint density at radius 3 is 2.50 bits per heavy atom. The Balaban J connectivity index is 2.55. The zero-order valence-corrected chi connectivity index (χ0v) is 9.76. The number of hydrogen-bond acceptors (Lipinski definition) is 4. The molecule has 0 saturated carbocycles. The first-order valence-corrected chi connectivity index (χ1v) is 6.82. The quantitative estimate of drug-likeness (QED) is 0.697. The van der Waals surface area contributed by atoms with Crippen molar-refractivity contribution in [1.82, 2.24) is 4.90 Å². The number of nitrogens with two attached hydrogens (primary N) is 1. The van der Waals surface area contributed by atoms with Crippen molar-refractivity contribution in [2.45, 2.75) is 6.42 Å². The summed E-state index contributed by atoms with van der Waals surface area (Å²) in [5.74, 6) is 1.28. The lowest BCUT2D eigenvalue weighted by Gasteiger charge is -2.24. The van der Waals surface area contributed by atoms with E-state index in [1.807, 2.05) is 14.1 Å². The van der Waals surface area contributed by atoms with Crippen LogP contribution in [0.1, 0.15) is 6.42 Å². The summed E-state index contributed by atoms with van der Waals surface area (Å²) in [5.41, 5.74) is 5.67. The van der Waals surface area contributed by atoms with Crippen molar-refractivity contribution >= 4 is 9.84 Å². The third-order valence-corrected chi connectivity index (χ3v) is 4.63. The van der Waals surface area contributed by atoms with Crippen LogP contribution in [0, 0.1) is 11.8 Å². The first kappa shape index (κ1) is 11.9. The number of rotatable bonds is 4. The third kappa shape index (κ3) is 3.22. The van der Waals surface area contributed by atoms with E-state index < -0.39 is 9.84 Å². The van der Waals surface area contributed by atoms with Crippen molar-refractivity contribution in [3.05, 3.63) is 0 Å². The highest BCUT2D eigenvalue weighted by atomic mass is 32.2. The van der Waals surface area contributed by atoms with Crippen molar-refractivity contribution in [2.24, 2.45) is 17.6 Å². The summed E-state index contributed by atoms with van der Waals surface area (Å²) in [6.45, 7) is 1.47. The lowest BCUT2D eigenvalue weighted by Crippen LogP contribution is -2.33. The van der Waals surface area contributed by atoms with Crippen LogP contribution in [0.25, 0.3) is 0 Å². The minimum atomic E-state index is -2.76. The topological polar surface area (TPSA) is 63.4 Å². The molecule has 1 heterocycles. The van der Waals surface area contributed by atoms with Gasteiger partial charge in [-0.1, -0.05) is 0 Å². The lowest BCUT2D eigenvalue weighted by atomic mass is 9.91. The average molecular weight is 220 g/mol. The standard InChI is InChI=1S/C9H20N2O2S/c1-11(2)6-9(5-10)8-3-4-14(12,13)7-8/h8-9H,3-7,10H2,1-2H3. The molecule has 84 valence electrons. The highest BCUT2D eigenvalue weighted by Gasteiger charge is 2.32. The van der Waals surface area contributed by atoms with E-state index in [2.05, 4.69) is 4.90 Å². The Hall–Kier alpha value is -0.130. The summed E-state index contributed by atoms with van der Waals surface area (Å²) in [6.07, 6.45) is 0.790. The van der Waals surface area contributed by atoms with E-state index in [0.717, 1.165) is 13.0 Å². The predicted molar refractivity (Wildman–Crippen MR) is 57.9 cm³/mol. The van der Waals surface area contributed by atoms with Gasteiger partial charge in [0.15, 0.2) is 9.84 Å². The molecule has 1 saturated heterocycles.